The Morgan fingerprint density at radius 1 is 1.00 bits per heavy atom. The fraction of sp³-hybridized carbons (Fsp3) is 0.333. The maximum absolute atomic E-state index is 5.69. The van der Waals surface area contributed by atoms with Crippen LogP contribution in [-0.4, -0.2) is 25.7 Å². The number of methoxy groups -OCH3 is 2. The first-order chi connectivity index (χ1) is 12.2. The van der Waals surface area contributed by atoms with Gasteiger partial charge in [-0.25, -0.2) is 0 Å². The largest absolute Gasteiger partial charge is 0.497 e. The second kappa shape index (κ2) is 7.62. The van der Waals surface area contributed by atoms with E-state index in [1.807, 2.05) is 12.1 Å². The van der Waals surface area contributed by atoms with Crippen molar-refractivity contribution >= 4 is 10.9 Å². The molecule has 0 radical (unpaired) electrons. The Labute approximate surface area is 149 Å². The van der Waals surface area contributed by atoms with E-state index in [2.05, 4.69) is 36.2 Å². The number of rotatable bonds is 7. The van der Waals surface area contributed by atoms with Crippen LogP contribution in [0.15, 0.2) is 36.4 Å². The molecule has 1 aromatic heterocycles. The highest BCUT2D eigenvalue weighted by Gasteiger charge is 2.17. The Morgan fingerprint density at radius 2 is 1.84 bits per heavy atom. The van der Waals surface area contributed by atoms with Gasteiger partial charge in [0.1, 0.15) is 11.5 Å². The van der Waals surface area contributed by atoms with Gasteiger partial charge in [0.2, 0.25) is 0 Å². The predicted molar refractivity (Wildman–Crippen MR) is 104 cm³/mol. The normalized spacial score (nSPS) is 11.0. The fourth-order valence-corrected chi connectivity index (χ4v) is 3.30. The molecule has 0 unspecified atom stereocenters. The van der Waals surface area contributed by atoms with Crippen molar-refractivity contribution in [2.45, 2.75) is 26.2 Å². The molecule has 2 aromatic carbocycles. The van der Waals surface area contributed by atoms with Crippen LogP contribution >= 0.6 is 0 Å². The Kier molecular flexibility index (Phi) is 5.29. The molecule has 3 N–H and O–H groups in total. The van der Waals surface area contributed by atoms with Crippen molar-refractivity contribution in [3.8, 4) is 22.8 Å². The number of hydrogen-bond donors (Lipinski definition) is 2. The monoisotopic (exact) mass is 338 g/mol. The summed E-state index contributed by atoms with van der Waals surface area (Å²) < 4.78 is 11.0. The van der Waals surface area contributed by atoms with E-state index in [9.17, 15) is 0 Å². The minimum Gasteiger partial charge on any atom is -0.497 e. The van der Waals surface area contributed by atoms with Crippen LogP contribution in [-0.2, 0) is 6.42 Å². The summed E-state index contributed by atoms with van der Waals surface area (Å²) in [4.78, 5) is 3.59. The molecule has 0 fully saturated rings. The number of benzene rings is 2. The average molecular weight is 338 g/mol. The number of hydrogen-bond acceptors (Lipinski definition) is 3. The van der Waals surface area contributed by atoms with Crippen LogP contribution in [0.3, 0.4) is 0 Å². The minimum atomic E-state index is 0.725. The van der Waals surface area contributed by atoms with Gasteiger partial charge in [0.25, 0.3) is 0 Å². The molecule has 0 aliphatic heterocycles. The van der Waals surface area contributed by atoms with Crippen molar-refractivity contribution in [3.63, 3.8) is 0 Å². The van der Waals surface area contributed by atoms with Gasteiger partial charge in [-0.3, -0.25) is 0 Å². The van der Waals surface area contributed by atoms with E-state index < -0.39 is 0 Å². The van der Waals surface area contributed by atoms with E-state index in [0.717, 1.165) is 54.1 Å². The zero-order chi connectivity index (χ0) is 17.8. The minimum absolute atomic E-state index is 0.725. The van der Waals surface area contributed by atoms with Gasteiger partial charge in [-0.15, -0.1) is 0 Å². The number of aryl methyl sites for hydroxylation is 2. The predicted octanol–water partition coefficient (Wildman–Crippen LogP) is 4.44. The summed E-state index contributed by atoms with van der Waals surface area (Å²) in [5.41, 5.74) is 11.6. The van der Waals surface area contributed by atoms with Gasteiger partial charge in [0.15, 0.2) is 0 Å². The van der Waals surface area contributed by atoms with E-state index in [4.69, 9.17) is 15.2 Å². The lowest BCUT2D eigenvalue weighted by Crippen LogP contribution is -1.99. The Bertz CT molecular complexity index is 868. The molecule has 0 bridgehead atoms. The molecule has 0 spiro atoms. The highest BCUT2D eigenvalue weighted by molar-refractivity contribution is 5.92. The maximum atomic E-state index is 5.69. The first kappa shape index (κ1) is 17.4. The topological polar surface area (TPSA) is 60.3 Å². The molecular formula is C21H26N2O2. The van der Waals surface area contributed by atoms with Gasteiger partial charge < -0.3 is 20.2 Å². The summed E-state index contributed by atoms with van der Waals surface area (Å²) >= 11 is 0. The summed E-state index contributed by atoms with van der Waals surface area (Å²) in [5, 5.41) is 1.28. The number of ether oxygens (including phenoxy) is 2. The lowest BCUT2D eigenvalue weighted by Gasteiger charge is -2.11. The number of nitrogens with two attached hydrogens (primary N) is 1. The van der Waals surface area contributed by atoms with Gasteiger partial charge in [-0.05, 0) is 62.6 Å². The van der Waals surface area contributed by atoms with Crippen LogP contribution in [0, 0.1) is 6.92 Å². The molecule has 3 aromatic rings. The third kappa shape index (κ3) is 3.49. The lowest BCUT2D eigenvalue weighted by molar-refractivity contribution is 0.395. The number of unbranched alkanes of at least 4 members (excludes halogenated alkanes) is 1. The van der Waals surface area contributed by atoms with Crippen LogP contribution in [0.1, 0.15) is 24.0 Å². The zero-order valence-electron chi connectivity index (χ0n) is 15.2. The van der Waals surface area contributed by atoms with E-state index >= 15 is 0 Å². The molecular weight excluding hydrogens is 312 g/mol. The summed E-state index contributed by atoms with van der Waals surface area (Å²) in [6, 6.07) is 12.5. The van der Waals surface area contributed by atoms with Crippen molar-refractivity contribution in [2.24, 2.45) is 5.73 Å². The molecule has 0 aliphatic rings. The highest BCUT2D eigenvalue weighted by Crippen LogP contribution is 2.38. The summed E-state index contributed by atoms with van der Waals surface area (Å²) in [5.74, 6) is 1.60. The fourth-order valence-electron chi connectivity index (χ4n) is 3.30. The highest BCUT2D eigenvalue weighted by atomic mass is 16.5. The average Bonchev–Trinajstić information content (AvgIpc) is 2.99. The molecule has 3 rings (SSSR count). The second-order valence-corrected chi connectivity index (χ2v) is 6.34. The third-order valence-electron chi connectivity index (χ3n) is 4.62. The summed E-state index contributed by atoms with van der Waals surface area (Å²) in [6.45, 7) is 2.85. The molecule has 0 saturated heterocycles. The van der Waals surface area contributed by atoms with Crippen molar-refractivity contribution in [3.05, 3.63) is 47.5 Å². The Hall–Kier alpha value is -2.46. The van der Waals surface area contributed by atoms with Crippen molar-refractivity contribution in [1.82, 2.24) is 4.98 Å². The standard InChI is InChI=1S/C21H26N2O2/c1-14-7-10-19-18(12-14)16(6-4-5-11-22)21(23-19)17-9-8-15(24-2)13-20(17)25-3/h7-10,12-13,23H,4-6,11,22H2,1-3H3. The molecule has 25 heavy (non-hydrogen) atoms. The van der Waals surface area contributed by atoms with Gasteiger partial charge in [0.05, 0.1) is 19.9 Å². The zero-order valence-corrected chi connectivity index (χ0v) is 15.2. The first-order valence-electron chi connectivity index (χ1n) is 8.71. The van der Waals surface area contributed by atoms with Crippen LogP contribution in [0.2, 0.25) is 0 Å². The maximum Gasteiger partial charge on any atom is 0.131 e. The molecule has 4 heteroatoms. The van der Waals surface area contributed by atoms with Gasteiger partial charge in [-0.1, -0.05) is 11.6 Å². The van der Waals surface area contributed by atoms with E-state index in [-0.39, 0.29) is 0 Å². The van der Waals surface area contributed by atoms with E-state index in [0.29, 0.717) is 0 Å². The van der Waals surface area contributed by atoms with Crippen molar-refractivity contribution < 1.29 is 9.47 Å². The molecule has 132 valence electrons. The number of H-pyrrole nitrogens is 1. The van der Waals surface area contributed by atoms with Gasteiger partial charge in [-0.2, -0.15) is 0 Å². The van der Waals surface area contributed by atoms with Crippen molar-refractivity contribution in [2.75, 3.05) is 20.8 Å². The summed E-state index contributed by atoms with van der Waals surface area (Å²) in [7, 11) is 3.36. The Morgan fingerprint density at radius 3 is 2.56 bits per heavy atom. The summed E-state index contributed by atoms with van der Waals surface area (Å²) in [6.07, 6.45) is 3.09. The molecule has 4 nitrogen and oxygen atoms in total. The second-order valence-electron chi connectivity index (χ2n) is 6.34. The molecule has 1 heterocycles. The molecule has 0 saturated carbocycles. The molecule has 0 aliphatic carbocycles. The van der Waals surface area contributed by atoms with E-state index in [1.165, 1.54) is 16.5 Å². The van der Waals surface area contributed by atoms with Crippen LogP contribution in [0.25, 0.3) is 22.2 Å². The number of aromatic amines is 1. The van der Waals surface area contributed by atoms with Gasteiger partial charge >= 0.3 is 0 Å². The van der Waals surface area contributed by atoms with Crippen LogP contribution in [0.5, 0.6) is 11.5 Å². The first-order valence-corrected chi connectivity index (χ1v) is 8.71. The number of fused-ring (bicyclic) bond motifs is 1. The Balaban J connectivity index is 2.16. The molecule has 0 atom stereocenters. The third-order valence-corrected chi connectivity index (χ3v) is 4.62. The quantitative estimate of drug-likeness (QED) is 0.626. The molecule has 0 amide bonds. The van der Waals surface area contributed by atoms with Crippen LogP contribution in [0.4, 0.5) is 0 Å². The SMILES string of the molecule is COc1ccc(-c2[nH]c3ccc(C)cc3c2CCCCN)c(OC)c1. The van der Waals surface area contributed by atoms with Crippen LogP contribution < -0.4 is 15.2 Å². The smallest absolute Gasteiger partial charge is 0.131 e. The van der Waals surface area contributed by atoms with Gasteiger partial charge in [0, 0.05) is 22.5 Å². The van der Waals surface area contributed by atoms with E-state index in [1.54, 1.807) is 14.2 Å². The van der Waals surface area contributed by atoms with Crippen molar-refractivity contribution in [1.29, 1.82) is 0 Å². The number of aromatic nitrogens is 1. The number of nitrogens with one attached hydrogen (secondary N) is 1. The lowest BCUT2D eigenvalue weighted by atomic mass is 9.99.